The molecule has 110 valence electrons. The van der Waals surface area contributed by atoms with Crippen molar-refractivity contribution < 1.29 is 0 Å². The summed E-state index contributed by atoms with van der Waals surface area (Å²) in [6.07, 6.45) is 5.41. The Balaban J connectivity index is 0.00000180. The third kappa shape index (κ3) is 3.91. The van der Waals surface area contributed by atoms with Crippen LogP contribution in [0.15, 0.2) is 6.33 Å². The molecule has 0 saturated carbocycles. The lowest BCUT2D eigenvalue weighted by atomic mass is 9.97. The molecule has 2 atom stereocenters. The summed E-state index contributed by atoms with van der Waals surface area (Å²) in [5, 5.41) is 4.30. The van der Waals surface area contributed by atoms with E-state index in [1.165, 1.54) is 19.3 Å². The van der Waals surface area contributed by atoms with E-state index >= 15 is 0 Å². The number of aromatic nitrogens is 3. The lowest BCUT2D eigenvalue weighted by molar-refractivity contribution is 0.117. The van der Waals surface area contributed by atoms with Gasteiger partial charge in [-0.1, -0.05) is 6.42 Å². The summed E-state index contributed by atoms with van der Waals surface area (Å²) in [5.74, 6) is 1.05. The van der Waals surface area contributed by atoms with Gasteiger partial charge in [-0.2, -0.15) is 5.10 Å². The molecule has 1 aromatic heterocycles. The van der Waals surface area contributed by atoms with Crippen molar-refractivity contribution in [1.82, 2.24) is 19.7 Å². The zero-order chi connectivity index (χ0) is 13.1. The van der Waals surface area contributed by atoms with Crippen LogP contribution < -0.4 is 5.73 Å². The van der Waals surface area contributed by atoms with Gasteiger partial charge in [-0.3, -0.25) is 4.90 Å². The second kappa shape index (κ2) is 7.22. The van der Waals surface area contributed by atoms with Crippen LogP contribution in [0.5, 0.6) is 0 Å². The molecule has 2 heterocycles. The van der Waals surface area contributed by atoms with Crippen LogP contribution in [0.25, 0.3) is 0 Å². The molecule has 1 aliphatic heterocycles. The van der Waals surface area contributed by atoms with Gasteiger partial charge in [0.15, 0.2) is 0 Å². The Morgan fingerprint density at radius 1 is 1.37 bits per heavy atom. The van der Waals surface area contributed by atoms with Gasteiger partial charge in [0.05, 0.1) is 6.54 Å². The van der Waals surface area contributed by atoms with Crippen molar-refractivity contribution in [3.05, 3.63) is 12.2 Å². The maximum Gasteiger partial charge on any atom is 0.141 e. The lowest BCUT2D eigenvalue weighted by Crippen LogP contribution is -2.48. The third-order valence-corrected chi connectivity index (χ3v) is 3.75. The molecule has 1 aliphatic rings. The Kier molecular flexibility index (Phi) is 6.23. The van der Waals surface area contributed by atoms with E-state index in [1.807, 2.05) is 4.68 Å². The minimum atomic E-state index is 0. The summed E-state index contributed by atoms with van der Waals surface area (Å²) in [5.41, 5.74) is 6.10. The average molecular weight is 288 g/mol. The zero-order valence-corrected chi connectivity index (χ0v) is 12.9. The van der Waals surface area contributed by atoms with Crippen LogP contribution in [0.4, 0.5) is 0 Å². The van der Waals surface area contributed by atoms with Gasteiger partial charge in [-0.25, -0.2) is 9.67 Å². The van der Waals surface area contributed by atoms with Crippen molar-refractivity contribution >= 4 is 12.4 Å². The highest BCUT2D eigenvalue weighted by Gasteiger charge is 2.26. The zero-order valence-electron chi connectivity index (χ0n) is 12.1. The van der Waals surface area contributed by atoms with E-state index in [-0.39, 0.29) is 18.4 Å². The summed E-state index contributed by atoms with van der Waals surface area (Å²) in [6.45, 7) is 8.37. The first kappa shape index (κ1) is 16.4. The van der Waals surface area contributed by atoms with Crippen molar-refractivity contribution in [2.75, 3.05) is 6.54 Å². The van der Waals surface area contributed by atoms with Gasteiger partial charge in [0.1, 0.15) is 12.2 Å². The predicted molar refractivity (Wildman–Crippen MR) is 79.4 cm³/mol. The first-order chi connectivity index (χ1) is 8.59. The molecule has 2 N–H and O–H groups in total. The molecule has 0 bridgehead atoms. The molecular weight excluding hydrogens is 262 g/mol. The molecule has 0 aromatic carbocycles. The first-order valence-electron chi connectivity index (χ1n) is 6.97. The van der Waals surface area contributed by atoms with Crippen LogP contribution in [0.2, 0.25) is 0 Å². The van der Waals surface area contributed by atoms with Crippen LogP contribution in [0, 0.1) is 0 Å². The standard InChI is InChI=1S/C13H25N5.ClH/c1-10(2)18-13(15-9-16-18)8-17-7-5-4-6-12(17)11(3)14;/h9-12H,4-8,14H2,1-3H3;1H. The van der Waals surface area contributed by atoms with Crippen LogP contribution in [0.3, 0.4) is 0 Å². The molecule has 1 fully saturated rings. The monoisotopic (exact) mass is 287 g/mol. The second-order valence-electron chi connectivity index (χ2n) is 5.61. The molecule has 0 aliphatic carbocycles. The van der Waals surface area contributed by atoms with Gasteiger partial charge in [0.25, 0.3) is 0 Å². The summed E-state index contributed by atoms with van der Waals surface area (Å²) in [6, 6.07) is 1.07. The number of hydrogen-bond acceptors (Lipinski definition) is 4. The highest BCUT2D eigenvalue weighted by Crippen LogP contribution is 2.21. The smallest absolute Gasteiger partial charge is 0.141 e. The Bertz CT molecular complexity index is 377. The quantitative estimate of drug-likeness (QED) is 0.920. The average Bonchev–Trinajstić information content (AvgIpc) is 2.77. The van der Waals surface area contributed by atoms with Crippen LogP contribution in [-0.4, -0.2) is 38.3 Å². The fourth-order valence-corrected chi connectivity index (χ4v) is 2.81. The number of rotatable bonds is 4. The minimum absolute atomic E-state index is 0. The molecule has 6 heteroatoms. The van der Waals surface area contributed by atoms with E-state index in [2.05, 4.69) is 35.8 Å². The van der Waals surface area contributed by atoms with Gasteiger partial charge in [-0.15, -0.1) is 12.4 Å². The molecule has 2 rings (SSSR count). The summed E-state index contributed by atoms with van der Waals surface area (Å²) >= 11 is 0. The number of piperidine rings is 1. The molecule has 1 aromatic rings. The number of hydrogen-bond donors (Lipinski definition) is 1. The van der Waals surface area contributed by atoms with E-state index in [0.29, 0.717) is 12.1 Å². The lowest BCUT2D eigenvalue weighted by Gasteiger charge is -2.37. The first-order valence-corrected chi connectivity index (χ1v) is 6.97. The molecule has 1 saturated heterocycles. The second-order valence-corrected chi connectivity index (χ2v) is 5.61. The fourth-order valence-electron chi connectivity index (χ4n) is 2.81. The van der Waals surface area contributed by atoms with Crippen molar-refractivity contribution in [3.8, 4) is 0 Å². The minimum Gasteiger partial charge on any atom is -0.327 e. The maximum atomic E-state index is 6.10. The SMILES string of the molecule is CC(N)C1CCCCN1Cc1ncnn1C(C)C.Cl. The van der Waals surface area contributed by atoms with Gasteiger partial charge < -0.3 is 5.73 Å². The molecule has 0 spiro atoms. The Hall–Kier alpha value is -0.650. The van der Waals surface area contributed by atoms with Gasteiger partial charge in [0, 0.05) is 18.1 Å². The molecular formula is C13H26ClN5. The van der Waals surface area contributed by atoms with Crippen molar-refractivity contribution in [2.45, 2.75) is 64.7 Å². The van der Waals surface area contributed by atoms with Crippen molar-refractivity contribution in [2.24, 2.45) is 5.73 Å². The predicted octanol–water partition coefficient (Wildman–Crippen LogP) is 1.98. The fraction of sp³-hybridized carbons (Fsp3) is 0.846. The summed E-state index contributed by atoms with van der Waals surface area (Å²) < 4.78 is 2.01. The Labute approximate surface area is 122 Å². The Morgan fingerprint density at radius 3 is 2.74 bits per heavy atom. The topological polar surface area (TPSA) is 60.0 Å². The summed E-state index contributed by atoms with van der Waals surface area (Å²) in [7, 11) is 0. The third-order valence-electron chi connectivity index (χ3n) is 3.75. The van der Waals surface area contributed by atoms with Crippen LogP contribution in [0.1, 0.15) is 51.9 Å². The molecule has 2 unspecified atom stereocenters. The van der Waals surface area contributed by atoms with E-state index < -0.39 is 0 Å². The van der Waals surface area contributed by atoms with Gasteiger partial charge >= 0.3 is 0 Å². The van der Waals surface area contributed by atoms with E-state index in [0.717, 1.165) is 18.9 Å². The van der Waals surface area contributed by atoms with E-state index in [9.17, 15) is 0 Å². The van der Waals surface area contributed by atoms with Crippen LogP contribution in [-0.2, 0) is 6.54 Å². The maximum absolute atomic E-state index is 6.10. The van der Waals surface area contributed by atoms with E-state index in [4.69, 9.17) is 5.73 Å². The van der Waals surface area contributed by atoms with Crippen molar-refractivity contribution in [1.29, 1.82) is 0 Å². The molecule has 0 radical (unpaired) electrons. The van der Waals surface area contributed by atoms with Gasteiger partial charge in [-0.05, 0) is 40.2 Å². The number of likely N-dealkylation sites (tertiary alicyclic amines) is 1. The summed E-state index contributed by atoms with van der Waals surface area (Å²) in [4.78, 5) is 6.86. The van der Waals surface area contributed by atoms with Crippen molar-refractivity contribution in [3.63, 3.8) is 0 Å². The van der Waals surface area contributed by atoms with E-state index in [1.54, 1.807) is 6.33 Å². The highest BCUT2D eigenvalue weighted by molar-refractivity contribution is 5.85. The number of nitrogens with zero attached hydrogens (tertiary/aromatic N) is 4. The number of nitrogens with two attached hydrogens (primary N) is 1. The molecule has 19 heavy (non-hydrogen) atoms. The van der Waals surface area contributed by atoms with Crippen LogP contribution >= 0.6 is 12.4 Å². The molecule has 0 amide bonds. The largest absolute Gasteiger partial charge is 0.327 e. The Morgan fingerprint density at radius 2 is 2.11 bits per heavy atom. The normalized spacial score (nSPS) is 22.3. The van der Waals surface area contributed by atoms with Gasteiger partial charge in [0.2, 0.25) is 0 Å². The highest BCUT2D eigenvalue weighted by atomic mass is 35.5. The number of halogens is 1. The molecule has 5 nitrogen and oxygen atoms in total.